The van der Waals surface area contributed by atoms with E-state index in [-0.39, 0.29) is 24.4 Å². The van der Waals surface area contributed by atoms with Crippen LogP contribution in [-0.2, 0) is 9.59 Å². The molecule has 0 aromatic heterocycles. The summed E-state index contributed by atoms with van der Waals surface area (Å²) < 4.78 is 0. The Morgan fingerprint density at radius 3 is 2.41 bits per heavy atom. The number of rotatable bonds is 3. The molecule has 2 unspecified atom stereocenters. The molecule has 5 aliphatic rings. The molecule has 1 spiro atoms. The van der Waals surface area contributed by atoms with E-state index < -0.39 is 35.8 Å². The smallest absolute Gasteiger partial charge is 0.408 e. The van der Waals surface area contributed by atoms with Gasteiger partial charge in [0.1, 0.15) is 6.04 Å². The van der Waals surface area contributed by atoms with Gasteiger partial charge in [-0.2, -0.15) is 0 Å². The van der Waals surface area contributed by atoms with E-state index in [0.29, 0.717) is 17.7 Å². The summed E-state index contributed by atoms with van der Waals surface area (Å²) in [7, 11) is 0. The lowest BCUT2D eigenvalue weighted by molar-refractivity contribution is -0.136. The highest BCUT2D eigenvalue weighted by molar-refractivity contribution is 6.23. The van der Waals surface area contributed by atoms with E-state index in [0.717, 1.165) is 81.7 Å². The Morgan fingerprint density at radius 2 is 1.67 bits per heavy atom. The number of fused-ring (bicyclic) bond motifs is 1. The molecular formula is C28H35N5O6. The maximum absolute atomic E-state index is 13.3. The fourth-order valence-corrected chi connectivity index (χ4v) is 7.31. The molecule has 11 heteroatoms. The van der Waals surface area contributed by atoms with Gasteiger partial charge < -0.3 is 10.0 Å². The Hall–Kier alpha value is -3.47. The van der Waals surface area contributed by atoms with Crippen LogP contribution in [0.1, 0.15) is 78.5 Å². The van der Waals surface area contributed by atoms with E-state index >= 15 is 0 Å². The first-order valence-corrected chi connectivity index (χ1v) is 14.1. The van der Waals surface area contributed by atoms with Crippen molar-refractivity contribution in [1.82, 2.24) is 20.0 Å². The standard InChI is InChI=1S/C28H35N5O6/c34-22-8-7-21(24(35)29-22)33-25(36)19-6-5-18(16-20(19)26(33)37)31-12-3-9-28(17-31)10-14-30(15-11-28)23-4-1-2-13-32(23)27(38)39/h5-6,16,21,23H,1-4,7-15,17H2,(H,38,39)(H,29,34,35). The monoisotopic (exact) mass is 537 g/mol. The molecule has 4 fully saturated rings. The zero-order valence-corrected chi connectivity index (χ0v) is 22.1. The predicted molar refractivity (Wildman–Crippen MR) is 140 cm³/mol. The van der Waals surface area contributed by atoms with Crippen molar-refractivity contribution < 1.29 is 29.1 Å². The zero-order valence-electron chi connectivity index (χ0n) is 22.1. The van der Waals surface area contributed by atoms with Gasteiger partial charge in [-0.25, -0.2) is 4.79 Å². The second kappa shape index (κ2) is 9.93. The highest BCUT2D eigenvalue weighted by atomic mass is 16.4. The van der Waals surface area contributed by atoms with Crippen LogP contribution in [0.3, 0.4) is 0 Å². The van der Waals surface area contributed by atoms with E-state index in [2.05, 4.69) is 15.1 Å². The lowest BCUT2D eigenvalue weighted by atomic mass is 9.72. The van der Waals surface area contributed by atoms with Crippen molar-refractivity contribution in [2.24, 2.45) is 5.41 Å². The molecule has 0 aliphatic carbocycles. The van der Waals surface area contributed by atoms with Gasteiger partial charge in [-0.1, -0.05) is 0 Å². The van der Waals surface area contributed by atoms with Crippen LogP contribution in [0.5, 0.6) is 0 Å². The first-order valence-electron chi connectivity index (χ1n) is 14.1. The average molecular weight is 538 g/mol. The number of anilines is 1. The molecule has 39 heavy (non-hydrogen) atoms. The normalized spacial score (nSPS) is 27.6. The molecule has 0 bridgehead atoms. The van der Waals surface area contributed by atoms with Gasteiger partial charge in [0.05, 0.1) is 17.3 Å². The average Bonchev–Trinajstić information content (AvgIpc) is 3.18. The van der Waals surface area contributed by atoms with Crippen LogP contribution in [0.4, 0.5) is 10.5 Å². The summed E-state index contributed by atoms with van der Waals surface area (Å²) in [4.78, 5) is 69.3. The number of nitrogens with one attached hydrogen (secondary N) is 1. The van der Waals surface area contributed by atoms with Gasteiger partial charge in [0.25, 0.3) is 11.8 Å². The SMILES string of the molecule is O=C1CCC(N2C(=O)c3ccc(N4CCCC5(CCN(C6CCCCN6C(=O)O)CC5)C4)cc3C2=O)C(=O)N1. The lowest BCUT2D eigenvalue weighted by Gasteiger charge is -2.51. The summed E-state index contributed by atoms with van der Waals surface area (Å²) in [6, 6.07) is 4.38. The Balaban J connectivity index is 1.15. The van der Waals surface area contributed by atoms with Crippen LogP contribution < -0.4 is 10.2 Å². The number of carbonyl (C=O) groups is 5. The van der Waals surface area contributed by atoms with Gasteiger partial charge in [-0.15, -0.1) is 0 Å². The molecule has 5 amide bonds. The Morgan fingerprint density at radius 1 is 0.897 bits per heavy atom. The number of amides is 5. The van der Waals surface area contributed by atoms with Gasteiger partial charge in [-0.05, 0) is 75.0 Å². The Kier molecular flexibility index (Phi) is 6.57. The maximum Gasteiger partial charge on any atom is 0.408 e. The molecule has 5 aliphatic heterocycles. The number of likely N-dealkylation sites (tertiary alicyclic amines) is 2. The van der Waals surface area contributed by atoms with Crippen molar-refractivity contribution in [2.75, 3.05) is 37.6 Å². The molecule has 1 aromatic carbocycles. The third-order valence-corrected chi connectivity index (χ3v) is 9.45. The van der Waals surface area contributed by atoms with Crippen molar-refractivity contribution in [3.05, 3.63) is 29.3 Å². The summed E-state index contributed by atoms with van der Waals surface area (Å²) in [5, 5.41) is 11.9. The molecule has 4 saturated heterocycles. The van der Waals surface area contributed by atoms with Gasteiger partial charge in [0, 0.05) is 44.8 Å². The van der Waals surface area contributed by atoms with Crippen LogP contribution in [0.25, 0.3) is 0 Å². The molecule has 2 N–H and O–H groups in total. The van der Waals surface area contributed by atoms with Crippen molar-refractivity contribution in [3.63, 3.8) is 0 Å². The largest absolute Gasteiger partial charge is 0.465 e. The summed E-state index contributed by atoms with van der Waals surface area (Å²) in [5.41, 5.74) is 1.63. The number of nitrogens with zero attached hydrogens (tertiary/aromatic N) is 4. The molecule has 6 rings (SSSR count). The van der Waals surface area contributed by atoms with Crippen molar-refractivity contribution in [3.8, 4) is 0 Å². The first kappa shape index (κ1) is 25.8. The van der Waals surface area contributed by atoms with Gasteiger partial charge in [-0.3, -0.25) is 39.2 Å². The number of hydrogen-bond donors (Lipinski definition) is 2. The second-order valence-electron chi connectivity index (χ2n) is 11.7. The molecule has 1 aromatic rings. The Labute approximate surface area is 227 Å². The van der Waals surface area contributed by atoms with Crippen LogP contribution in [0.15, 0.2) is 18.2 Å². The Bertz CT molecular complexity index is 1220. The zero-order chi connectivity index (χ0) is 27.3. The van der Waals surface area contributed by atoms with Crippen LogP contribution >= 0.6 is 0 Å². The minimum Gasteiger partial charge on any atom is -0.465 e. The fourth-order valence-electron chi connectivity index (χ4n) is 7.31. The molecule has 0 radical (unpaired) electrons. The third-order valence-electron chi connectivity index (χ3n) is 9.45. The van der Waals surface area contributed by atoms with Crippen LogP contribution in [0, 0.1) is 5.41 Å². The highest BCUT2D eigenvalue weighted by Crippen LogP contribution is 2.43. The molecular weight excluding hydrogens is 502 g/mol. The second-order valence-corrected chi connectivity index (χ2v) is 11.7. The van der Waals surface area contributed by atoms with Crippen molar-refractivity contribution in [2.45, 2.75) is 70.0 Å². The lowest BCUT2D eigenvalue weighted by Crippen LogP contribution is -2.57. The van der Waals surface area contributed by atoms with Crippen LogP contribution in [0.2, 0.25) is 0 Å². The molecule has 5 heterocycles. The summed E-state index contributed by atoms with van der Waals surface area (Å²) in [6.07, 6.45) is 6.40. The molecule has 0 saturated carbocycles. The number of carboxylic acid groups (broad SMARTS) is 1. The minimum absolute atomic E-state index is 0.0270. The summed E-state index contributed by atoms with van der Waals surface area (Å²) in [5.74, 6) is -1.97. The van der Waals surface area contributed by atoms with E-state index in [1.54, 1.807) is 17.0 Å². The van der Waals surface area contributed by atoms with Gasteiger partial charge in [0.2, 0.25) is 11.8 Å². The summed E-state index contributed by atoms with van der Waals surface area (Å²) >= 11 is 0. The topological polar surface area (TPSA) is 131 Å². The van der Waals surface area contributed by atoms with E-state index in [1.165, 1.54) is 0 Å². The fraction of sp³-hybridized carbons (Fsp3) is 0.607. The van der Waals surface area contributed by atoms with Gasteiger partial charge in [0.15, 0.2) is 0 Å². The highest BCUT2D eigenvalue weighted by Gasteiger charge is 2.46. The third kappa shape index (κ3) is 4.56. The number of hydrogen-bond acceptors (Lipinski definition) is 7. The predicted octanol–water partition coefficient (Wildman–Crippen LogP) is 2.26. The first-order chi connectivity index (χ1) is 18.8. The molecule has 11 nitrogen and oxygen atoms in total. The van der Waals surface area contributed by atoms with Crippen molar-refractivity contribution >= 4 is 35.4 Å². The number of piperidine rings is 4. The van der Waals surface area contributed by atoms with Crippen molar-refractivity contribution in [1.29, 1.82) is 0 Å². The minimum atomic E-state index is -0.969. The molecule has 208 valence electrons. The van der Waals surface area contributed by atoms with Gasteiger partial charge >= 0.3 is 6.09 Å². The van der Waals surface area contributed by atoms with Crippen LogP contribution in [-0.4, -0.2) is 94.5 Å². The van der Waals surface area contributed by atoms with E-state index in [9.17, 15) is 29.1 Å². The van der Waals surface area contributed by atoms with E-state index in [1.807, 2.05) is 6.07 Å². The quantitative estimate of drug-likeness (QED) is 0.562. The molecule has 2 atom stereocenters. The van der Waals surface area contributed by atoms with E-state index in [4.69, 9.17) is 0 Å². The number of imide groups is 2. The summed E-state index contributed by atoms with van der Waals surface area (Å²) in [6.45, 7) is 4.07. The number of benzene rings is 1. The number of carbonyl (C=O) groups excluding carboxylic acids is 4. The maximum atomic E-state index is 13.3.